The molecule has 1 unspecified atom stereocenters. The average Bonchev–Trinajstić information content (AvgIpc) is 2.43. The maximum atomic E-state index is 9.47. The van der Waals surface area contributed by atoms with Gasteiger partial charge in [-0.2, -0.15) is 0 Å². The first-order valence-electron chi connectivity index (χ1n) is 7.15. The standard InChI is InChI=1S/C16H27NO2/c1-4-11-17-16(3,13-18)10-7-12-19-15-9-6-5-8-14(15)2/h5-6,8-9,17-18H,4,7,10-13H2,1-3H3. The molecule has 2 N–H and O–H groups in total. The van der Waals surface area contributed by atoms with Gasteiger partial charge in [-0.1, -0.05) is 25.1 Å². The SMILES string of the molecule is CCCNC(C)(CO)CCCOc1ccccc1C. The Kier molecular flexibility index (Phi) is 6.89. The minimum Gasteiger partial charge on any atom is -0.493 e. The largest absolute Gasteiger partial charge is 0.493 e. The molecule has 0 aliphatic heterocycles. The van der Waals surface area contributed by atoms with E-state index < -0.39 is 0 Å². The smallest absolute Gasteiger partial charge is 0.122 e. The third-order valence-corrected chi connectivity index (χ3v) is 3.37. The van der Waals surface area contributed by atoms with Crippen LogP contribution in [-0.2, 0) is 0 Å². The predicted molar refractivity (Wildman–Crippen MR) is 79.7 cm³/mol. The van der Waals surface area contributed by atoms with Crippen LogP contribution in [0, 0.1) is 6.92 Å². The Morgan fingerprint density at radius 1 is 1.32 bits per heavy atom. The van der Waals surface area contributed by atoms with E-state index in [1.54, 1.807) is 0 Å². The fraction of sp³-hybridized carbons (Fsp3) is 0.625. The first kappa shape index (κ1) is 16.0. The number of hydrogen-bond acceptors (Lipinski definition) is 3. The lowest BCUT2D eigenvalue weighted by atomic mass is 9.97. The Balaban J connectivity index is 2.31. The summed E-state index contributed by atoms with van der Waals surface area (Å²) in [6.07, 6.45) is 2.92. The summed E-state index contributed by atoms with van der Waals surface area (Å²) in [4.78, 5) is 0. The van der Waals surface area contributed by atoms with Crippen LogP contribution in [0.2, 0.25) is 0 Å². The van der Waals surface area contributed by atoms with Crippen molar-refractivity contribution < 1.29 is 9.84 Å². The number of ether oxygens (including phenoxy) is 1. The van der Waals surface area contributed by atoms with Crippen LogP contribution in [0.15, 0.2) is 24.3 Å². The summed E-state index contributed by atoms with van der Waals surface area (Å²) in [5.41, 5.74) is 0.974. The van der Waals surface area contributed by atoms with E-state index in [1.807, 2.05) is 18.2 Å². The van der Waals surface area contributed by atoms with Gasteiger partial charge < -0.3 is 15.2 Å². The monoisotopic (exact) mass is 265 g/mol. The molecule has 1 aromatic carbocycles. The second-order valence-corrected chi connectivity index (χ2v) is 5.36. The average molecular weight is 265 g/mol. The first-order chi connectivity index (χ1) is 9.11. The summed E-state index contributed by atoms with van der Waals surface area (Å²) >= 11 is 0. The molecule has 0 saturated carbocycles. The number of aliphatic hydroxyl groups excluding tert-OH is 1. The number of benzene rings is 1. The fourth-order valence-corrected chi connectivity index (χ4v) is 2.01. The van der Waals surface area contributed by atoms with Gasteiger partial charge in [0.15, 0.2) is 0 Å². The Labute approximate surface area is 117 Å². The zero-order valence-corrected chi connectivity index (χ0v) is 12.4. The van der Waals surface area contributed by atoms with Crippen molar-refractivity contribution in [1.82, 2.24) is 5.32 Å². The van der Waals surface area contributed by atoms with E-state index in [9.17, 15) is 5.11 Å². The van der Waals surface area contributed by atoms with E-state index in [-0.39, 0.29) is 12.1 Å². The van der Waals surface area contributed by atoms with Gasteiger partial charge in [0, 0.05) is 5.54 Å². The Hall–Kier alpha value is -1.06. The molecule has 0 radical (unpaired) electrons. The molecule has 0 aromatic heterocycles. The highest BCUT2D eigenvalue weighted by Crippen LogP contribution is 2.17. The van der Waals surface area contributed by atoms with Crippen LogP contribution in [0.3, 0.4) is 0 Å². The molecule has 0 aliphatic carbocycles. The summed E-state index contributed by atoms with van der Waals surface area (Å²) in [5.74, 6) is 0.953. The van der Waals surface area contributed by atoms with Crippen molar-refractivity contribution in [2.75, 3.05) is 19.8 Å². The minimum absolute atomic E-state index is 0.164. The molecular weight excluding hydrogens is 238 g/mol. The van der Waals surface area contributed by atoms with Crippen LogP contribution >= 0.6 is 0 Å². The van der Waals surface area contributed by atoms with Crippen LogP contribution in [-0.4, -0.2) is 30.4 Å². The molecule has 0 saturated heterocycles. The number of para-hydroxylation sites is 1. The van der Waals surface area contributed by atoms with Crippen molar-refractivity contribution in [1.29, 1.82) is 0 Å². The van der Waals surface area contributed by atoms with Crippen molar-refractivity contribution in [3.05, 3.63) is 29.8 Å². The Morgan fingerprint density at radius 3 is 2.68 bits per heavy atom. The lowest BCUT2D eigenvalue weighted by molar-refractivity contribution is 0.156. The van der Waals surface area contributed by atoms with Crippen molar-refractivity contribution >= 4 is 0 Å². The molecule has 3 nitrogen and oxygen atoms in total. The highest BCUT2D eigenvalue weighted by Gasteiger charge is 2.21. The highest BCUT2D eigenvalue weighted by molar-refractivity contribution is 5.31. The fourth-order valence-electron chi connectivity index (χ4n) is 2.01. The Bertz CT molecular complexity index is 368. The maximum Gasteiger partial charge on any atom is 0.122 e. The molecule has 0 fully saturated rings. The zero-order valence-electron chi connectivity index (χ0n) is 12.4. The molecule has 1 atom stereocenters. The normalized spacial score (nSPS) is 14.1. The molecule has 108 valence electrons. The quantitative estimate of drug-likeness (QED) is 0.675. The zero-order chi connectivity index (χ0) is 14.1. The molecule has 3 heteroatoms. The summed E-state index contributed by atoms with van der Waals surface area (Å²) < 4.78 is 5.77. The van der Waals surface area contributed by atoms with Crippen molar-refractivity contribution in [2.24, 2.45) is 0 Å². The van der Waals surface area contributed by atoms with Crippen LogP contribution in [0.4, 0.5) is 0 Å². The molecule has 0 bridgehead atoms. The predicted octanol–water partition coefficient (Wildman–Crippen LogP) is 2.90. The van der Waals surface area contributed by atoms with E-state index in [2.05, 4.69) is 32.2 Å². The maximum absolute atomic E-state index is 9.47. The van der Waals surface area contributed by atoms with Crippen molar-refractivity contribution in [3.63, 3.8) is 0 Å². The lowest BCUT2D eigenvalue weighted by Gasteiger charge is -2.28. The molecule has 1 rings (SSSR count). The number of aliphatic hydroxyl groups is 1. The Morgan fingerprint density at radius 2 is 2.05 bits per heavy atom. The number of hydrogen-bond donors (Lipinski definition) is 2. The third-order valence-electron chi connectivity index (χ3n) is 3.37. The molecule has 0 aliphatic rings. The molecule has 0 amide bonds. The topological polar surface area (TPSA) is 41.5 Å². The number of aryl methyl sites for hydroxylation is 1. The van der Waals surface area contributed by atoms with Gasteiger partial charge in [-0.15, -0.1) is 0 Å². The minimum atomic E-state index is -0.189. The second kappa shape index (κ2) is 8.18. The van der Waals surface area contributed by atoms with Gasteiger partial charge in [-0.25, -0.2) is 0 Å². The molecular formula is C16H27NO2. The summed E-state index contributed by atoms with van der Waals surface area (Å²) in [5, 5.41) is 12.9. The first-order valence-corrected chi connectivity index (χ1v) is 7.15. The van der Waals surface area contributed by atoms with E-state index >= 15 is 0 Å². The van der Waals surface area contributed by atoms with Crippen molar-refractivity contribution in [3.8, 4) is 5.75 Å². The van der Waals surface area contributed by atoms with E-state index in [4.69, 9.17) is 4.74 Å². The second-order valence-electron chi connectivity index (χ2n) is 5.36. The van der Waals surface area contributed by atoms with E-state index in [0.29, 0.717) is 6.61 Å². The van der Waals surface area contributed by atoms with Gasteiger partial charge >= 0.3 is 0 Å². The number of rotatable bonds is 9. The third kappa shape index (κ3) is 5.62. The van der Waals surface area contributed by atoms with Gasteiger partial charge in [0.05, 0.1) is 13.2 Å². The summed E-state index contributed by atoms with van der Waals surface area (Å²) in [7, 11) is 0. The van der Waals surface area contributed by atoms with Gasteiger partial charge in [0.1, 0.15) is 5.75 Å². The number of nitrogens with one attached hydrogen (secondary N) is 1. The van der Waals surface area contributed by atoms with E-state index in [0.717, 1.165) is 37.1 Å². The molecule has 1 aromatic rings. The summed E-state index contributed by atoms with van der Waals surface area (Å²) in [6.45, 7) is 8.04. The molecule has 0 heterocycles. The van der Waals surface area contributed by atoms with Crippen LogP contribution in [0.5, 0.6) is 5.75 Å². The van der Waals surface area contributed by atoms with Crippen LogP contribution in [0.1, 0.15) is 38.7 Å². The van der Waals surface area contributed by atoms with Crippen LogP contribution in [0.25, 0.3) is 0 Å². The lowest BCUT2D eigenvalue weighted by Crippen LogP contribution is -2.46. The van der Waals surface area contributed by atoms with Gasteiger partial charge in [-0.05, 0) is 51.3 Å². The van der Waals surface area contributed by atoms with Gasteiger partial charge in [0.25, 0.3) is 0 Å². The van der Waals surface area contributed by atoms with Gasteiger partial charge in [-0.3, -0.25) is 0 Å². The molecule has 19 heavy (non-hydrogen) atoms. The molecule has 0 spiro atoms. The van der Waals surface area contributed by atoms with E-state index in [1.165, 1.54) is 0 Å². The van der Waals surface area contributed by atoms with Gasteiger partial charge in [0.2, 0.25) is 0 Å². The van der Waals surface area contributed by atoms with Crippen molar-refractivity contribution in [2.45, 2.75) is 45.6 Å². The highest BCUT2D eigenvalue weighted by atomic mass is 16.5. The summed E-state index contributed by atoms with van der Waals surface area (Å²) in [6, 6.07) is 8.05. The van der Waals surface area contributed by atoms with Crippen LogP contribution < -0.4 is 10.1 Å².